The average molecular weight is 383 g/mol. The number of aromatic nitrogens is 1. The van der Waals surface area contributed by atoms with Crippen LogP contribution < -0.4 is 4.80 Å². The standard InChI is InChI=1S/C20H18FN3O2S/c1-3-22-20-24(18(13-27-20)16-6-4-5-7-17(16)21)23-12-14-8-10-15(11-9-14)19(25)26-2/h4-13H,3H2,1-2H3/b22-20?,23-12-. The molecule has 2 aromatic carbocycles. The number of ether oxygens (including phenoxy) is 1. The van der Waals surface area contributed by atoms with Gasteiger partial charge in [-0.2, -0.15) is 5.10 Å². The summed E-state index contributed by atoms with van der Waals surface area (Å²) >= 11 is 1.40. The first-order chi connectivity index (χ1) is 13.1. The van der Waals surface area contributed by atoms with Crippen LogP contribution in [0.5, 0.6) is 0 Å². The van der Waals surface area contributed by atoms with Gasteiger partial charge in [-0.25, -0.2) is 13.9 Å². The minimum Gasteiger partial charge on any atom is -0.465 e. The van der Waals surface area contributed by atoms with Crippen LogP contribution in [0.15, 0.2) is 64.0 Å². The summed E-state index contributed by atoms with van der Waals surface area (Å²) in [6.07, 6.45) is 1.65. The van der Waals surface area contributed by atoms with Crippen molar-refractivity contribution in [2.75, 3.05) is 13.7 Å². The summed E-state index contributed by atoms with van der Waals surface area (Å²) in [7, 11) is 1.34. The second-order valence-electron chi connectivity index (χ2n) is 5.53. The Morgan fingerprint density at radius 1 is 1.22 bits per heavy atom. The van der Waals surface area contributed by atoms with E-state index in [1.54, 1.807) is 53.4 Å². The highest BCUT2D eigenvalue weighted by molar-refractivity contribution is 7.07. The Balaban J connectivity index is 2.00. The number of thiazole rings is 1. The van der Waals surface area contributed by atoms with E-state index in [-0.39, 0.29) is 5.82 Å². The first-order valence-electron chi connectivity index (χ1n) is 8.32. The molecule has 5 nitrogen and oxygen atoms in total. The fourth-order valence-corrected chi connectivity index (χ4v) is 3.35. The zero-order valence-corrected chi connectivity index (χ0v) is 15.7. The van der Waals surface area contributed by atoms with Gasteiger partial charge in [0.2, 0.25) is 4.80 Å². The van der Waals surface area contributed by atoms with Crippen molar-refractivity contribution in [3.63, 3.8) is 0 Å². The van der Waals surface area contributed by atoms with Crippen molar-refractivity contribution in [1.82, 2.24) is 4.68 Å². The molecule has 1 heterocycles. The summed E-state index contributed by atoms with van der Waals surface area (Å²) in [5, 5.41) is 6.33. The largest absolute Gasteiger partial charge is 0.465 e. The number of carbonyl (C=O) groups is 1. The van der Waals surface area contributed by atoms with Gasteiger partial charge in [0.05, 0.1) is 24.6 Å². The highest BCUT2D eigenvalue weighted by atomic mass is 32.1. The maximum Gasteiger partial charge on any atom is 0.337 e. The van der Waals surface area contributed by atoms with Gasteiger partial charge in [0.15, 0.2) is 0 Å². The SMILES string of the molecule is CCN=c1scc(-c2ccccc2F)n1/N=C\c1ccc(C(=O)OC)cc1. The average Bonchev–Trinajstić information content (AvgIpc) is 3.09. The van der Waals surface area contributed by atoms with E-state index >= 15 is 0 Å². The zero-order chi connectivity index (χ0) is 19.2. The molecule has 0 N–H and O–H groups in total. The molecule has 0 atom stereocenters. The predicted molar refractivity (Wildman–Crippen MR) is 105 cm³/mol. The van der Waals surface area contributed by atoms with Crippen LogP contribution in [0.1, 0.15) is 22.8 Å². The molecule has 0 radical (unpaired) electrons. The highest BCUT2D eigenvalue weighted by Gasteiger charge is 2.11. The third-order valence-corrected chi connectivity index (χ3v) is 4.64. The number of esters is 1. The van der Waals surface area contributed by atoms with Gasteiger partial charge < -0.3 is 4.74 Å². The number of halogens is 1. The minimum absolute atomic E-state index is 0.315. The summed E-state index contributed by atoms with van der Waals surface area (Å²) in [5.74, 6) is -0.707. The summed E-state index contributed by atoms with van der Waals surface area (Å²) in [5.41, 5.74) is 2.35. The number of hydrogen-bond acceptors (Lipinski definition) is 5. The molecule has 0 aliphatic rings. The molecule has 0 aliphatic carbocycles. The third kappa shape index (κ3) is 4.20. The molecule has 0 amide bonds. The molecule has 0 spiro atoms. The van der Waals surface area contributed by atoms with Gasteiger partial charge >= 0.3 is 5.97 Å². The second kappa shape index (κ2) is 8.55. The van der Waals surface area contributed by atoms with E-state index in [9.17, 15) is 9.18 Å². The lowest BCUT2D eigenvalue weighted by Crippen LogP contribution is -2.12. The smallest absolute Gasteiger partial charge is 0.337 e. The van der Waals surface area contributed by atoms with Crippen LogP contribution in [0.4, 0.5) is 4.39 Å². The number of benzene rings is 2. The molecule has 0 saturated carbocycles. The molecule has 0 unspecified atom stereocenters. The first-order valence-corrected chi connectivity index (χ1v) is 9.20. The van der Waals surface area contributed by atoms with Crippen LogP contribution in [-0.2, 0) is 4.74 Å². The molecule has 3 aromatic rings. The van der Waals surface area contributed by atoms with Gasteiger partial charge in [-0.3, -0.25) is 4.99 Å². The van der Waals surface area contributed by atoms with E-state index in [1.165, 1.54) is 24.5 Å². The number of methoxy groups -OCH3 is 1. The Morgan fingerprint density at radius 3 is 2.63 bits per heavy atom. The third-order valence-electron chi connectivity index (χ3n) is 3.78. The molecule has 3 rings (SSSR count). The molecular weight excluding hydrogens is 365 g/mol. The van der Waals surface area contributed by atoms with Crippen LogP contribution in [0, 0.1) is 5.82 Å². The van der Waals surface area contributed by atoms with E-state index in [0.29, 0.717) is 28.2 Å². The molecule has 0 saturated heterocycles. The first kappa shape index (κ1) is 18.7. The molecule has 0 aliphatic heterocycles. The van der Waals surface area contributed by atoms with Gasteiger partial charge in [0.25, 0.3) is 0 Å². The van der Waals surface area contributed by atoms with Crippen LogP contribution in [0.25, 0.3) is 11.3 Å². The van der Waals surface area contributed by atoms with Crippen molar-refractivity contribution in [3.8, 4) is 11.3 Å². The lowest BCUT2D eigenvalue weighted by molar-refractivity contribution is 0.0600. The van der Waals surface area contributed by atoms with Gasteiger partial charge in [-0.05, 0) is 36.8 Å². The quantitative estimate of drug-likeness (QED) is 0.495. The fraction of sp³-hybridized carbons (Fsp3) is 0.150. The Kier molecular flexibility index (Phi) is 5.93. The maximum absolute atomic E-state index is 14.2. The zero-order valence-electron chi connectivity index (χ0n) is 14.9. The molecule has 7 heteroatoms. The molecule has 0 bridgehead atoms. The van der Waals surface area contributed by atoms with Gasteiger partial charge in [-0.15, -0.1) is 11.3 Å². The van der Waals surface area contributed by atoms with E-state index in [1.807, 2.05) is 12.3 Å². The minimum atomic E-state index is -0.392. The van der Waals surface area contributed by atoms with Crippen molar-refractivity contribution in [2.24, 2.45) is 10.1 Å². The Morgan fingerprint density at radius 2 is 1.96 bits per heavy atom. The van der Waals surface area contributed by atoms with E-state index in [2.05, 4.69) is 10.1 Å². The summed E-state index contributed by atoms with van der Waals surface area (Å²) in [6.45, 7) is 2.53. The predicted octanol–water partition coefficient (Wildman–Crippen LogP) is 3.95. The number of hydrogen-bond donors (Lipinski definition) is 0. The van der Waals surface area contributed by atoms with Crippen molar-refractivity contribution >= 4 is 23.5 Å². The van der Waals surface area contributed by atoms with Crippen LogP contribution in [0.2, 0.25) is 0 Å². The van der Waals surface area contributed by atoms with E-state index < -0.39 is 5.97 Å². The molecule has 27 heavy (non-hydrogen) atoms. The molecule has 1 aromatic heterocycles. The summed E-state index contributed by atoms with van der Waals surface area (Å²) < 4.78 is 20.5. The van der Waals surface area contributed by atoms with Gasteiger partial charge in [0, 0.05) is 17.5 Å². The molecule has 138 valence electrons. The summed E-state index contributed by atoms with van der Waals surface area (Å²) in [4.78, 5) is 16.6. The van der Waals surface area contributed by atoms with E-state index in [0.717, 1.165) is 5.56 Å². The van der Waals surface area contributed by atoms with Crippen LogP contribution >= 0.6 is 11.3 Å². The van der Waals surface area contributed by atoms with E-state index in [4.69, 9.17) is 4.74 Å². The Bertz CT molecular complexity index is 1040. The monoisotopic (exact) mass is 383 g/mol. The Hall–Kier alpha value is -3.06. The highest BCUT2D eigenvalue weighted by Crippen LogP contribution is 2.23. The van der Waals surface area contributed by atoms with Gasteiger partial charge in [0.1, 0.15) is 5.82 Å². The maximum atomic E-state index is 14.2. The topological polar surface area (TPSA) is 56.0 Å². The molecule has 0 fully saturated rings. The number of nitrogens with zero attached hydrogens (tertiary/aromatic N) is 3. The van der Waals surface area contributed by atoms with Crippen molar-refractivity contribution in [2.45, 2.75) is 6.92 Å². The van der Waals surface area contributed by atoms with Crippen LogP contribution in [0.3, 0.4) is 0 Å². The number of rotatable bonds is 5. The van der Waals surface area contributed by atoms with Gasteiger partial charge in [-0.1, -0.05) is 24.3 Å². The number of carbonyl (C=O) groups excluding carboxylic acids is 1. The van der Waals surface area contributed by atoms with Crippen molar-refractivity contribution in [1.29, 1.82) is 0 Å². The summed E-state index contributed by atoms with van der Waals surface area (Å²) in [6, 6.07) is 13.4. The lowest BCUT2D eigenvalue weighted by atomic mass is 10.1. The lowest BCUT2D eigenvalue weighted by Gasteiger charge is -2.05. The van der Waals surface area contributed by atoms with Crippen LogP contribution in [-0.4, -0.2) is 30.5 Å². The Labute approximate surface area is 160 Å². The fourth-order valence-electron chi connectivity index (χ4n) is 2.46. The van der Waals surface area contributed by atoms with Crippen molar-refractivity contribution < 1.29 is 13.9 Å². The molecular formula is C20H18FN3O2S. The van der Waals surface area contributed by atoms with Crippen molar-refractivity contribution in [3.05, 3.63) is 75.7 Å². The normalized spacial score (nSPS) is 11.9. The second-order valence-corrected chi connectivity index (χ2v) is 6.36.